The minimum absolute atomic E-state index is 0.0231. The fraction of sp³-hybridized carbons (Fsp3) is 0.920. The molecule has 210 valence electrons. The first-order chi connectivity index (χ1) is 17.3. The summed E-state index contributed by atoms with van der Waals surface area (Å²) in [5, 5.41) is -0.634. The summed E-state index contributed by atoms with van der Waals surface area (Å²) in [6.45, 7) is 14.5. The lowest BCUT2D eigenvalue weighted by Crippen LogP contribution is -2.47. The van der Waals surface area contributed by atoms with E-state index in [9.17, 15) is 9.59 Å². The van der Waals surface area contributed by atoms with Crippen molar-refractivity contribution < 1.29 is 41.8 Å². The van der Waals surface area contributed by atoms with E-state index in [0.29, 0.717) is 71.3 Å². The highest BCUT2D eigenvalue weighted by Crippen LogP contribution is 2.33. The van der Waals surface area contributed by atoms with Crippen molar-refractivity contribution in [1.82, 2.24) is 0 Å². The number of carbonyl (C=O) groups is 2. The van der Waals surface area contributed by atoms with Crippen LogP contribution in [-0.2, 0) is 41.8 Å². The average molecular weight is 551 g/mol. The Bertz CT molecular complexity index is 642. The maximum absolute atomic E-state index is 13.0. The fourth-order valence-corrected chi connectivity index (χ4v) is 7.97. The van der Waals surface area contributed by atoms with Crippen LogP contribution < -0.4 is 0 Å². The Morgan fingerprint density at radius 2 is 1.33 bits per heavy atom. The molecule has 0 N–H and O–H groups in total. The molecule has 0 aromatic heterocycles. The van der Waals surface area contributed by atoms with Gasteiger partial charge in [0, 0.05) is 25.9 Å². The second kappa shape index (κ2) is 15.7. The van der Waals surface area contributed by atoms with Crippen molar-refractivity contribution in [2.45, 2.75) is 71.6 Å². The van der Waals surface area contributed by atoms with Gasteiger partial charge in [0.1, 0.15) is 18.5 Å². The van der Waals surface area contributed by atoms with E-state index in [0.717, 1.165) is 19.3 Å². The average Bonchev–Trinajstić information content (AvgIpc) is 2.80. The molecule has 2 heterocycles. The van der Waals surface area contributed by atoms with Crippen LogP contribution in [0.5, 0.6) is 0 Å². The molecular weight excluding hydrogens is 504 g/mol. The summed E-state index contributed by atoms with van der Waals surface area (Å²) < 4.78 is 39.7. The quantitative estimate of drug-likeness (QED) is 0.126. The third-order valence-electron chi connectivity index (χ3n) is 6.85. The SMILES string of the molecule is CCO[Si](CCCSC(CC(=O)OCC1(CC)COC1)C(=O)OCC1(CC)COC1)(OCC)OCC. The van der Waals surface area contributed by atoms with E-state index in [2.05, 4.69) is 13.8 Å². The van der Waals surface area contributed by atoms with E-state index >= 15 is 0 Å². The van der Waals surface area contributed by atoms with Gasteiger partial charge in [0.15, 0.2) is 0 Å². The van der Waals surface area contributed by atoms with E-state index in [4.69, 9.17) is 32.2 Å². The van der Waals surface area contributed by atoms with Crippen LogP contribution in [0.4, 0.5) is 0 Å². The Morgan fingerprint density at radius 3 is 1.75 bits per heavy atom. The van der Waals surface area contributed by atoms with Gasteiger partial charge in [0.25, 0.3) is 0 Å². The first kappa shape index (κ1) is 31.5. The first-order valence-electron chi connectivity index (χ1n) is 13.3. The molecule has 9 nitrogen and oxygen atoms in total. The molecule has 36 heavy (non-hydrogen) atoms. The number of hydrogen-bond acceptors (Lipinski definition) is 10. The van der Waals surface area contributed by atoms with Crippen molar-refractivity contribution in [3.8, 4) is 0 Å². The third kappa shape index (κ3) is 9.25. The zero-order chi connectivity index (χ0) is 26.5. The highest BCUT2D eigenvalue weighted by molar-refractivity contribution is 8.00. The molecule has 2 aliphatic heterocycles. The zero-order valence-electron chi connectivity index (χ0n) is 22.8. The van der Waals surface area contributed by atoms with Gasteiger partial charge >= 0.3 is 20.7 Å². The molecule has 0 radical (unpaired) electrons. The minimum Gasteiger partial charge on any atom is -0.465 e. The molecule has 0 bridgehead atoms. The van der Waals surface area contributed by atoms with E-state index in [1.54, 1.807) is 0 Å². The molecule has 0 spiro atoms. The van der Waals surface area contributed by atoms with E-state index in [1.807, 2.05) is 20.8 Å². The molecular formula is C25H46O9SSi. The number of ether oxygens (including phenoxy) is 4. The Balaban J connectivity index is 1.93. The van der Waals surface area contributed by atoms with Crippen molar-refractivity contribution in [3.05, 3.63) is 0 Å². The molecule has 2 aliphatic rings. The molecule has 2 rings (SSSR count). The standard InChI is InChI=1S/C25H46O9SSi/c1-6-24(15-28-16-24)19-30-22(26)14-21(23(27)31-20-25(7-2)17-29-18-25)35-12-11-13-36(32-8-3,33-9-4)34-10-5/h21H,6-20H2,1-5H3. The van der Waals surface area contributed by atoms with Crippen molar-refractivity contribution >= 4 is 32.5 Å². The normalized spacial score (nSPS) is 19.1. The maximum atomic E-state index is 13.0. The van der Waals surface area contributed by atoms with Gasteiger partial charge in [0.05, 0.1) is 43.7 Å². The second-order valence-corrected chi connectivity index (χ2v) is 13.7. The van der Waals surface area contributed by atoms with Crippen LogP contribution in [0.15, 0.2) is 0 Å². The monoisotopic (exact) mass is 550 g/mol. The molecule has 0 aliphatic carbocycles. The smallest absolute Gasteiger partial charge is 0.465 e. The van der Waals surface area contributed by atoms with Crippen LogP contribution in [-0.4, -0.2) is 91.2 Å². The summed E-state index contributed by atoms with van der Waals surface area (Å²) in [5.41, 5.74) is -0.205. The topological polar surface area (TPSA) is 98.8 Å². The highest BCUT2D eigenvalue weighted by Gasteiger charge is 2.41. The lowest BCUT2D eigenvalue weighted by Gasteiger charge is -2.40. The first-order valence-corrected chi connectivity index (χ1v) is 16.3. The van der Waals surface area contributed by atoms with Gasteiger partial charge in [-0.1, -0.05) is 13.8 Å². The molecule has 1 atom stereocenters. The molecule has 2 saturated heterocycles. The lowest BCUT2D eigenvalue weighted by molar-refractivity contribution is -0.174. The molecule has 0 aromatic rings. The summed E-state index contributed by atoms with van der Waals surface area (Å²) in [6.07, 6.45) is 2.47. The molecule has 0 aromatic carbocycles. The maximum Gasteiger partial charge on any atom is 0.500 e. The fourth-order valence-electron chi connectivity index (χ4n) is 4.05. The summed E-state index contributed by atoms with van der Waals surface area (Å²) in [4.78, 5) is 25.7. The minimum atomic E-state index is -2.75. The van der Waals surface area contributed by atoms with Gasteiger partial charge in [0.2, 0.25) is 0 Å². The van der Waals surface area contributed by atoms with Crippen LogP contribution in [0.1, 0.15) is 60.3 Å². The number of carbonyl (C=O) groups excluding carboxylic acids is 2. The predicted molar refractivity (Wildman–Crippen MR) is 140 cm³/mol. The van der Waals surface area contributed by atoms with Crippen LogP contribution in [0.2, 0.25) is 6.04 Å². The van der Waals surface area contributed by atoms with Crippen LogP contribution in [0, 0.1) is 10.8 Å². The third-order valence-corrected chi connectivity index (χ3v) is 11.3. The number of thioether (sulfide) groups is 1. The summed E-state index contributed by atoms with van der Waals surface area (Å²) in [6, 6.07) is 0.650. The number of rotatable bonds is 20. The number of hydrogen-bond donors (Lipinski definition) is 0. The Morgan fingerprint density at radius 1 is 0.833 bits per heavy atom. The van der Waals surface area contributed by atoms with Gasteiger partial charge in [-0.2, -0.15) is 0 Å². The Labute approximate surface area is 221 Å². The molecule has 11 heteroatoms. The van der Waals surface area contributed by atoms with Gasteiger partial charge in [-0.05, 0) is 45.8 Å². The van der Waals surface area contributed by atoms with Crippen LogP contribution in [0.3, 0.4) is 0 Å². The van der Waals surface area contributed by atoms with E-state index < -0.39 is 14.1 Å². The Hall–Kier alpha value is -0.693. The van der Waals surface area contributed by atoms with Crippen molar-refractivity contribution in [1.29, 1.82) is 0 Å². The largest absolute Gasteiger partial charge is 0.500 e. The number of esters is 2. The van der Waals surface area contributed by atoms with Crippen LogP contribution >= 0.6 is 11.8 Å². The lowest BCUT2D eigenvalue weighted by atomic mass is 9.84. The molecule has 0 saturated carbocycles. The highest BCUT2D eigenvalue weighted by atomic mass is 32.2. The van der Waals surface area contributed by atoms with E-state index in [-0.39, 0.29) is 29.2 Å². The molecule has 2 fully saturated rings. The van der Waals surface area contributed by atoms with Crippen molar-refractivity contribution in [3.63, 3.8) is 0 Å². The molecule has 0 amide bonds. The summed E-state index contributed by atoms with van der Waals surface area (Å²) in [7, 11) is -2.75. The van der Waals surface area contributed by atoms with Crippen molar-refractivity contribution in [2.24, 2.45) is 10.8 Å². The summed E-state index contributed by atoms with van der Waals surface area (Å²) >= 11 is 1.42. The van der Waals surface area contributed by atoms with E-state index in [1.165, 1.54) is 11.8 Å². The molecule has 1 unspecified atom stereocenters. The van der Waals surface area contributed by atoms with Gasteiger partial charge < -0.3 is 32.2 Å². The second-order valence-electron chi connectivity index (χ2n) is 9.61. The zero-order valence-corrected chi connectivity index (χ0v) is 24.6. The summed E-state index contributed by atoms with van der Waals surface area (Å²) in [5.74, 6) is -0.121. The van der Waals surface area contributed by atoms with Crippen LogP contribution in [0.25, 0.3) is 0 Å². The van der Waals surface area contributed by atoms with Gasteiger partial charge in [-0.15, -0.1) is 11.8 Å². The van der Waals surface area contributed by atoms with Gasteiger partial charge in [-0.3, -0.25) is 9.59 Å². The van der Waals surface area contributed by atoms with Gasteiger partial charge in [-0.25, -0.2) is 0 Å². The Kier molecular flexibility index (Phi) is 13.7. The predicted octanol–water partition coefficient (Wildman–Crippen LogP) is 3.86. The van der Waals surface area contributed by atoms with Crippen molar-refractivity contribution in [2.75, 3.05) is 65.2 Å².